The number of benzene rings is 1. The Morgan fingerprint density at radius 2 is 2.22 bits per heavy atom. The van der Waals surface area contributed by atoms with Crippen LogP contribution in [0.3, 0.4) is 0 Å². The van der Waals surface area contributed by atoms with E-state index in [1.807, 2.05) is 0 Å². The Morgan fingerprint density at radius 3 is 2.78 bits per heavy atom. The van der Waals surface area contributed by atoms with Crippen LogP contribution in [0.2, 0.25) is 0 Å². The number of nitrogens with one attached hydrogen (secondary N) is 1. The van der Waals surface area contributed by atoms with E-state index >= 15 is 0 Å². The molecular formula is C12H15N3O3. The predicted octanol–water partition coefficient (Wildman–Crippen LogP) is 1.23. The van der Waals surface area contributed by atoms with Gasteiger partial charge in [-0.05, 0) is 26.5 Å². The first-order valence-electron chi connectivity index (χ1n) is 5.79. The van der Waals surface area contributed by atoms with E-state index in [9.17, 15) is 14.9 Å². The second kappa shape index (κ2) is 4.73. The van der Waals surface area contributed by atoms with Crippen molar-refractivity contribution in [3.8, 4) is 0 Å². The summed E-state index contributed by atoms with van der Waals surface area (Å²) in [5.74, 6) is -0.0268. The molecule has 0 bridgehead atoms. The average Bonchev–Trinajstić information content (AvgIpc) is 2.70. The molecule has 0 saturated carbocycles. The highest BCUT2D eigenvalue weighted by atomic mass is 16.6. The monoisotopic (exact) mass is 249 g/mol. The molecule has 6 nitrogen and oxygen atoms in total. The van der Waals surface area contributed by atoms with Crippen LogP contribution in [0.1, 0.15) is 12.0 Å². The number of carbonyl (C=O) groups is 1. The minimum absolute atomic E-state index is 0.0268. The summed E-state index contributed by atoms with van der Waals surface area (Å²) in [5.41, 5.74) is 1.22. The Bertz CT molecular complexity index is 501. The molecule has 1 saturated heterocycles. The molecule has 1 amide bonds. The fraction of sp³-hybridized carbons (Fsp3) is 0.417. The maximum atomic E-state index is 12.1. The number of rotatable bonds is 3. The Labute approximate surface area is 105 Å². The topological polar surface area (TPSA) is 75.5 Å². The summed E-state index contributed by atoms with van der Waals surface area (Å²) >= 11 is 0. The van der Waals surface area contributed by atoms with Gasteiger partial charge >= 0.3 is 0 Å². The van der Waals surface area contributed by atoms with Crippen molar-refractivity contribution in [2.45, 2.75) is 19.4 Å². The smallest absolute Gasteiger partial charge is 0.274 e. The Hall–Kier alpha value is -1.95. The lowest BCUT2D eigenvalue weighted by Crippen LogP contribution is -2.36. The molecule has 1 atom stereocenters. The number of nitro benzene ring substituents is 1. The van der Waals surface area contributed by atoms with Crippen LogP contribution in [0.4, 0.5) is 11.4 Å². The van der Waals surface area contributed by atoms with E-state index in [4.69, 9.17) is 0 Å². The molecule has 18 heavy (non-hydrogen) atoms. The number of carbonyl (C=O) groups excluding carboxylic acids is 1. The predicted molar refractivity (Wildman–Crippen MR) is 67.7 cm³/mol. The summed E-state index contributed by atoms with van der Waals surface area (Å²) in [6.45, 7) is 2.26. The normalized spacial score (nSPS) is 19.3. The molecule has 1 aliphatic heterocycles. The third-order valence-electron chi connectivity index (χ3n) is 3.32. The maximum Gasteiger partial charge on any atom is 0.274 e. The van der Waals surface area contributed by atoms with Crippen LogP contribution in [0.5, 0.6) is 0 Å². The minimum atomic E-state index is -0.422. The molecule has 0 aliphatic carbocycles. The first-order chi connectivity index (χ1) is 8.56. The average molecular weight is 249 g/mol. The SMILES string of the molecule is CNC1CCN(c2cccc([N+](=O)[O-])c2C)C1=O. The molecule has 1 unspecified atom stereocenters. The lowest BCUT2D eigenvalue weighted by Gasteiger charge is -2.18. The molecule has 1 N–H and O–H groups in total. The molecule has 1 aliphatic rings. The highest BCUT2D eigenvalue weighted by Gasteiger charge is 2.33. The second-order valence-corrected chi connectivity index (χ2v) is 4.30. The standard InChI is InChI=1S/C12H15N3O3/c1-8-10(4-3-5-11(8)15(17)18)14-7-6-9(13-2)12(14)16/h3-5,9,13H,6-7H2,1-2H3. The fourth-order valence-electron chi connectivity index (χ4n) is 2.29. The van der Waals surface area contributed by atoms with Gasteiger partial charge < -0.3 is 10.2 Å². The molecule has 1 fully saturated rings. The number of likely N-dealkylation sites (N-methyl/N-ethyl adjacent to an activating group) is 1. The molecule has 1 heterocycles. The highest BCUT2D eigenvalue weighted by Crippen LogP contribution is 2.30. The highest BCUT2D eigenvalue weighted by molar-refractivity contribution is 6.00. The molecule has 1 aromatic rings. The van der Waals surface area contributed by atoms with Crippen LogP contribution in [0.25, 0.3) is 0 Å². The van der Waals surface area contributed by atoms with Gasteiger partial charge in [-0.3, -0.25) is 14.9 Å². The van der Waals surface area contributed by atoms with Gasteiger partial charge in [0.1, 0.15) is 0 Å². The zero-order valence-electron chi connectivity index (χ0n) is 10.3. The lowest BCUT2D eigenvalue weighted by atomic mass is 10.1. The van der Waals surface area contributed by atoms with Crippen molar-refractivity contribution in [1.82, 2.24) is 5.32 Å². The zero-order chi connectivity index (χ0) is 13.3. The largest absolute Gasteiger partial charge is 0.310 e. The number of hydrogen-bond donors (Lipinski definition) is 1. The van der Waals surface area contributed by atoms with E-state index in [0.717, 1.165) is 6.42 Å². The van der Waals surface area contributed by atoms with Gasteiger partial charge in [-0.2, -0.15) is 0 Å². The van der Waals surface area contributed by atoms with Gasteiger partial charge in [0.05, 0.1) is 22.2 Å². The van der Waals surface area contributed by atoms with Crippen molar-refractivity contribution in [2.24, 2.45) is 0 Å². The molecule has 1 aromatic carbocycles. The van der Waals surface area contributed by atoms with E-state index < -0.39 is 4.92 Å². The second-order valence-electron chi connectivity index (χ2n) is 4.30. The fourth-order valence-corrected chi connectivity index (χ4v) is 2.29. The van der Waals surface area contributed by atoms with E-state index in [1.165, 1.54) is 6.07 Å². The molecule has 2 rings (SSSR count). The van der Waals surface area contributed by atoms with Gasteiger partial charge in [0.25, 0.3) is 5.69 Å². The minimum Gasteiger partial charge on any atom is -0.310 e. The van der Waals surface area contributed by atoms with Gasteiger partial charge in [0, 0.05) is 12.6 Å². The number of nitrogens with zero attached hydrogens (tertiary/aromatic N) is 2. The molecule has 6 heteroatoms. The van der Waals surface area contributed by atoms with Gasteiger partial charge in [0.15, 0.2) is 0 Å². The molecular weight excluding hydrogens is 234 g/mol. The summed E-state index contributed by atoms with van der Waals surface area (Å²) < 4.78 is 0. The first-order valence-corrected chi connectivity index (χ1v) is 5.79. The Balaban J connectivity index is 2.38. The van der Waals surface area contributed by atoms with Gasteiger partial charge in [-0.1, -0.05) is 6.07 Å². The number of amides is 1. The molecule has 0 radical (unpaired) electrons. The van der Waals surface area contributed by atoms with Crippen molar-refractivity contribution in [1.29, 1.82) is 0 Å². The van der Waals surface area contributed by atoms with Crippen LogP contribution in [0.15, 0.2) is 18.2 Å². The van der Waals surface area contributed by atoms with Crippen LogP contribution < -0.4 is 10.2 Å². The van der Waals surface area contributed by atoms with E-state index in [2.05, 4.69) is 5.32 Å². The number of nitro groups is 1. The van der Waals surface area contributed by atoms with Gasteiger partial charge in [-0.25, -0.2) is 0 Å². The maximum absolute atomic E-state index is 12.1. The van der Waals surface area contributed by atoms with Crippen LogP contribution in [-0.2, 0) is 4.79 Å². The third-order valence-corrected chi connectivity index (χ3v) is 3.32. The molecule has 0 spiro atoms. The van der Waals surface area contributed by atoms with Crippen LogP contribution >= 0.6 is 0 Å². The number of anilines is 1. The van der Waals surface area contributed by atoms with Crippen LogP contribution in [-0.4, -0.2) is 30.5 Å². The Morgan fingerprint density at radius 1 is 1.50 bits per heavy atom. The van der Waals surface area contributed by atoms with Crippen molar-refractivity contribution in [3.63, 3.8) is 0 Å². The quantitative estimate of drug-likeness (QED) is 0.645. The number of hydrogen-bond acceptors (Lipinski definition) is 4. The van der Waals surface area contributed by atoms with E-state index in [0.29, 0.717) is 17.8 Å². The zero-order valence-corrected chi connectivity index (χ0v) is 10.3. The van der Waals surface area contributed by atoms with Crippen molar-refractivity contribution >= 4 is 17.3 Å². The summed E-state index contributed by atoms with van der Waals surface area (Å²) in [6, 6.07) is 4.62. The molecule has 0 aromatic heterocycles. The summed E-state index contributed by atoms with van der Waals surface area (Å²) in [4.78, 5) is 24.1. The Kier molecular flexibility index (Phi) is 3.29. The summed E-state index contributed by atoms with van der Waals surface area (Å²) in [5, 5.41) is 13.8. The van der Waals surface area contributed by atoms with E-state index in [-0.39, 0.29) is 17.6 Å². The summed E-state index contributed by atoms with van der Waals surface area (Å²) in [6.07, 6.45) is 0.720. The van der Waals surface area contributed by atoms with Crippen molar-refractivity contribution in [2.75, 3.05) is 18.5 Å². The van der Waals surface area contributed by atoms with E-state index in [1.54, 1.807) is 31.0 Å². The van der Waals surface area contributed by atoms with Gasteiger partial charge in [0.2, 0.25) is 5.91 Å². The third kappa shape index (κ3) is 1.95. The van der Waals surface area contributed by atoms with Crippen molar-refractivity contribution in [3.05, 3.63) is 33.9 Å². The lowest BCUT2D eigenvalue weighted by molar-refractivity contribution is -0.385. The van der Waals surface area contributed by atoms with Gasteiger partial charge in [-0.15, -0.1) is 0 Å². The molecule has 96 valence electrons. The first kappa shape index (κ1) is 12.5. The van der Waals surface area contributed by atoms with Crippen LogP contribution in [0, 0.1) is 17.0 Å². The van der Waals surface area contributed by atoms with Crippen molar-refractivity contribution < 1.29 is 9.72 Å². The summed E-state index contributed by atoms with van der Waals surface area (Å²) in [7, 11) is 1.74.